The number of carbonyl (C=O) groups is 1. The van der Waals surface area contributed by atoms with E-state index < -0.39 is 11.6 Å². The van der Waals surface area contributed by atoms with Crippen LogP contribution in [0.3, 0.4) is 0 Å². The fourth-order valence-electron chi connectivity index (χ4n) is 2.65. The molecule has 2 rings (SSSR count). The van der Waals surface area contributed by atoms with Gasteiger partial charge in [-0.3, -0.25) is 0 Å². The van der Waals surface area contributed by atoms with Crippen LogP contribution in [0.4, 0.5) is 5.82 Å². The van der Waals surface area contributed by atoms with Crippen LogP contribution in [0.15, 0.2) is 12.1 Å². The lowest BCUT2D eigenvalue weighted by Gasteiger charge is -2.23. The van der Waals surface area contributed by atoms with Crippen molar-refractivity contribution in [1.82, 2.24) is 4.98 Å². The SMILES string of the molecule is CCCc1cc(C(=O)O)cc(NCC2(O)CCCC2)n1. The normalized spacial score (nSPS) is 17.1. The van der Waals surface area contributed by atoms with Gasteiger partial charge in [-0.05, 0) is 31.4 Å². The first-order valence-electron chi connectivity index (χ1n) is 7.23. The molecule has 1 fully saturated rings. The molecule has 0 aliphatic heterocycles. The quantitative estimate of drug-likeness (QED) is 0.744. The van der Waals surface area contributed by atoms with Crippen molar-refractivity contribution in [1.29, 1.82) is 0 Å². The van der Waals surface area contributed by atoms with Gasteiger partial charge in [0.05, 0.1) is 11.2 Å². The maximum atomic E-state index is 11.1. The first-order valence-corrected chi connectivity index (χ1v) is 7.23. The first-order chi connectivity index (χ1) is 9.52. The second-order valence-corrected chi connectivity index (χ2v) is 5.57. The Hall–Kier alpha value is -1.62. The standard InChI is InChI=1S/C15H22N2O3/c1-2-5-12-8-11(14(18)19)9-13(17-12)16-10-15(20)6-3-4-7-15/h8-9,20H,2-7,10H2,1H3,(H,16,17)(H,18,19). The molecule has 1 aromatic rings. The van der Waals surface area contributed by atoms with Gasteiger partial charge in [0, 0.05) is 12.2 Å². The molecule has 1 heterocycles. The molecule has 110 valence electrons. The zero-order chi connectivity index (χ0) is 14.6. The number of aromatic carboxylic acids is 1. The van der Waals surface area contributed by atoms with E-state index in [0.29, 0.717) is 12.4 Å². The predicted octanol–water partition coefficient (Wildman–Crippen LogP) is 2.45. The molecule has 0 bridgehead atoms. The summed E-state index contributed by atoms with van der Waals surface area (Å²) in [6.45, 7) is 2.46. The van der Waals surface area contributed by atoms with Crippen LogP contribution < -0.4 is 5.32 Å². The minimum Gasteiger partial charge on any atom is -0.478 e. The van der Waals surface area contributed by atoms with Gasteiger partial charge in [0.15, 0.2) is 0 Å². The molecule has 0 atom stereocenters. The maximum Gasteiger partial charge on any atom is 0.335 e. The Bertz CT molecular complexity index is 482. The fourth-order valence-corrected chi connectivity index (χ4v) is 2.65. The highest BCUT2D eigenvalue weighted by atomic mass is 16.4. The third-order valence-electron chi connectivity index (χ3n) is 3.76. The molecule has 1 saturated carbocycles. The van der Waals surface area contributed by atoms with Crippen LogP contribution >= 0.6 is 0 Å². The van der Waals surface area contributed by atoms with E-state index in [-0.39, 0.29) is 5.56 Å². The molecule has 20 heavy (non-hydrogen) atoms. The van der Waals surface area contributed by atoms with Gasteiger partial charge in [0.1, 0.15) is 5.82 Å². The van der Waals surface area contributed by atoms with Gasteiger partial charge >= 0.3 is 5.97 Å². The van der Waals surface area contributed by atoms with Crippen LogP contribution in [-0.2, 0) is 6.42 Å². The lowest BCUT2D eigenvalue weighted by Crippen LogP contribution is -2.33. The van der Waals surface area contributed by atoms with Crippen molar-refractivity contribution in [3.05, 3.63) is 23.4 Å². The van der Waals surface area contributed by atoms with Gasteiger partial charge in [-0.15, -0.1) is 0 Å². The topological polar surface area (TPSA) is 82.5 Å². The summed E-state index contributed by atoms with van der Waals surface area (Å²) in [4.78, 5) is 15.5. The fraction of sp³-hybridized carbons (Fsp3) is 0.600. The van der Waals surface area contributed by atoms with Crippen LogP contribution in [0.2, 0.25) is 0 Å². The average Bonchev–Trinajstić information content (AvgIpc) is 2.84. The number of aryl methyl sites for hydroxylation is 1. The minimum atomic E-state index is -0.951. The van der Waals surface area contributed by atoms with Gasteiger partial charge in [-0.1, -0.05) is 26.2 Å². The van der Waals surface area contributed by atoms with E-state index in [4.69, 9.17) is 5.11 Å². The van der Waals surface area contributed by atoms with E-state index in [1.165, 1.54) is 6.07 Å². The number of anilines is 1. The second kappa shape index (κ2) is 6.22. The third kappa shape index (κ3) is 3.70. The molecule has 1 aliphatic carbocycles. The Kier molecular flexibility index (Phi) is 4.60. The van der Waals surface area contributed by atoms with Crippen molar-refractivity contribution in [2.24, 2.45) is 0 Å². The number of carboxylic acid groups (broad SMARTS) is 1. The molecule has 0 radical (unpaired) electrons. The minimum absolute atomic E-state index is 0.240. The highest BCUT2D eigenvalue weighted by Crippen LogP contribution is 2.29. The lowest BCUT2D eigenvalue weighted by atomic mass is 10.0. The number of hydrogen-bond acceptors (Lipinski definition) is 4. The molecule has 0 unspecified atom stereocenters. The average molecular weight is 278 g/mol. The molecule has 0 spiro atoms. The van der Waals surface area contributed by atoms with Crippen LogP contribution in [-0.4, -0.2) is 33.3 Å². The third-order valence-corrected chi connectivity index (χ3v) is 3.76. The Morgan fingerprint density at radius 3 is 2.70 bits per heavy atom. The van der Waals surface area contributed by atoms with E-state index in [1.807, 2.05) is 6.92 Å². The van der Waals surface area contributed by atoms with Gasteiger partial charge in [0.25, 0.3) is 0 Å². The monoisotopic (exact) mass is 278 g/mol. The van der Waals surface area contributed by atoms with E-state index in [9.17, 15) is 9.90 Å². The highest BCUT2D eigenvalue weighted by molar-refractivity contribution is 5.88. The van der Waals surface area contributed by atoms with E-state index >= 15 is 0 Å². The summed E-state index contributed by atoms with van der Waals surface area (Å²) < 4.78 is 0. The van der Waals surface area contributed by atoms with Crippen molar-refractivity contribution < 1.29 is 15.0 Å². The van der Waals surface area contributed by atoms with Gasteiger partial charge in [-0.25, -0.2) is 9.78 Å². The summed E-state index contributed by atoms with van der Waals surface area (Å²) >= 11 is 0. The zero-order valence-corrected chi connectivity index (χ0v) is 11.9. The summed E-state index contributed by atoms with van der Waals surface area (Å²) in [5.41, 5.74) is 0.337. The van der Waals surface area contributed by atoms with Crippen molar-refractivity contribution in [2.45, 2.75) is 51.0 Å². The molecular formula is C15H22N2O3. The van der Waals surface area contributed by atoms with Crippen LogP contribution in [0, 0.1) is 0 Å². The summed E-state index contributed by atoms with van der Waals surface area (Å²) in [5, 5.41) is 22.5. The summed E-state index contributed by atoms with van der Waals surface area (Å²) in [5.74, 6) is -0.416. The molecule has 1 aromatic heterocycles. The predicted molar refractivity (Wildman–Crippen MR) is 77.1 cm³/mol. The van der Waals surface area contributed by atoms with Gasteiger partial charge in [0.2, 0.25) is 0 Å². The number of hydrogen-bond donors (Lipinski definition) is 3. The lowest BCUT2D eigenvalue weighted by molar-refractivity contribution is 0.0614. The van der Waals surface area contributed by atoms with Gasteiger partial charge in [-0.2, -0.15) is 0 Å². The number of aliphatic hydroxyl groups is 1. The van der Waals surface area contributed by atoms with Gasteiger partial charge < -0.3 is 15.5 Å². The van der Waals surface area contributed by atoms with Crippen LogP contribution in [0.25, 0.3) is 0 Å². The van der Waals surface area contributed by atoms with Crippen molar-refractivity contribution in [3.63, 3.8) is 0 Å². The van der Waals surface area contributed by atoms with E-state index in [1.54, 1.807) is 6.07 Å². The van der Waals surface area contributed by atoms with Crippen LogP contribution in [0.1, 0.15) is 55.1 Å². The first kappa shape index (κ1) is 14.8. The second-order valence-electron chi connectivity index (χ2n) is 5.57. The molecule has 0 aromatic carbocycles. The highest BCUT2D eigenvalue weighted by Gasteiger charge is 2.30. The molecule has 3 N–H and O–H groups in total. The Balaban J connectivity index is 2.11. The number of aromatic nitrogens is 1. The Morgan fingerprint density at radius 1 is 1.40 bits per heavy atom. The maximum absolute atomic E-state index is 11.1. The summed E-state index contributed by atoms with van der Waals surface area (Å²) in [6, 6.07) is 3.14. The van der Waals surface area contributed by atoms with Crippen molar-refractivity contribution >= 4 is 11.8 Å². The molecule has 0 saturated heterocycles. The Morgan fingerprint density at radius 2 is 2.10 bits per heavy atom. The van der Waals surface area contributed by atoms with E-state index in [0.717, 1.165) is 44.2 Å². The largest absolute Gasteiger partial charge is 0.478 e. The molecule has 1 aliphatic rings. The number of carboxylic acids is 1. The molecule has 0 amide bonds. The number of nitrogens with zero attached hydrogens (tertiary/aromatic N) is 1. The molecule has 5 heteroatoms. The number of rotatable bonds is 6. The zero-order valence-electron chi connectivity index (χ0n) is 11.9. The molecular weight excluding hydrogens is 256 g/mol. The summed E-state index contributed by atoms with van der Waals surface area (Å²) in [6.07, 6.45) is 5.34. The molecule has 5 nitrogen and oxygen atoms in total. The summed E-state index contributed by atoms with van der Waals surface area (Å²) in [7, 11) is 0. The van der Waals surface area contributed by atoms with Crippen molar-refractivity contribution in [3.8, 4) is 0 Å². The smallest absolute Gasteiger partial charge is 0.335 e. The van der Waals surface area contributed by atoms with Crippen molar-refractivity contribution in [2.75, 3.05) is 11.9 Å². The Labute approximate surface area is 119 Å². The number of pyridine rings is 1. The van der Waals surface area contributed by atoms with Crippen LogP contribution in [0.5, 0.6) is 0 Å². The van der Waals surface area contributed by atoms with E-state index in [2.05, 4.69) is 10.3 Å². The number of nitrogens with one attached hydrogen (secondary N) is 1.